The number of aromatic nitrogens is 3. The fraction of sp³-hybridized carbons (Fsp3) is 0.533. The van der Waals surface area contributed by atoms with Gasteiger partial charge in [-0.1, -0.05) is 0 Å². The summed E-state index contributed by atoms with van der Waals surface area (Å²) in [6.07, 6.45) is 4.86. The number of hydrogen-bond acceptors (Lipinski definition) is 5. The first-order chi connectivity index (χ1) is 10.8. The maximum atomic E-state index is 12.6. The van der Waals surface area contributed by atoms with Crippen molar-refractivity contribution in [1.82, 2.24) is 25.0 Å². The van der Waals surface area contributed by atoms with Gasteiger partial charge in [0.05, 0.1) is 6.04 Å². The van der Waals surface area contributed by atoms with Crippen LogP contribution in [0.2, 0.25) is 0 Å². The van der Waals surface area contributed by atoms with E-state index in [-0.39, 0.29) is 5.91 Å². The molecule has 1 N–H and O–H groups in total. The Morgan fingerprint density at radius 1 is 1.45 bits per heavy atom. The Balaban J connectivity index is 1.48. The van der Waals surface area contributed by atoms with Crippen molar-refractivity contribution in [1.29, 1.82) is 0 Å². The summed E-state index contributed by atoms with van der Waals surface area (Å²) in [4.78, 5) is 20.1. The van der Waals surface area contributed by atoms with Gasteiger partial charge in [0.25, 0.3) is 5.91 Å². The summed E-state index contributed by atoms with van der Waals surface area (Å²) >= 11 is 1.78. The molecule has 116 valence electrons. The highest BCUT2D eigenvalue weighted by Crippen LogP contribution is 2.24. The number of hydrogen-bond donors (Lipinski definition) is 1. The van der Waals surface area contributed by atoms with Gasteiger partial charge in [0, 0.05) is 24.5 Å². The largest absolute Gasteiger partial charge is 0.331 e. The Hall–Kier alpha value is -1.73. The molecule has 1 amide bonds. The van der Waals surface area contributed by atoms with Crippen LogP contribution in [0.3, 0.4) is 0 Å². The highest BCUT2D eigenvalue weighted by molar-refractivity contribution is 7.10. The van der Waals surface area contributed by atoms with Crippen LogP contribution in [0.15, 0.2) is 17.8 Å². The minimum Gasteiger partial charge on any atom is -0.331 e. The van der Waals surface area contributed by atoms with E-state index in [1.54, 1.807) is 17.7 Å². The van der Waals surface area contributed by atoms with Crippen LogP contribution in [0.5, 0.6) is 0 Å². The number of fused-ring (bicyclic) bond motifs is 1. The quantitative estimate of drug-likeness (QED) is 0.911. The van der Waals surface area contributed by atoms with E-state index in [9.17, 15) is 4.79 Å². The molecule has 1 fully saturated rings. The zero-order chi connectivity index (χ0) is 14.9. The third-order valence-electron chi connectivity index (χ3n) is 4.44. The van der Waals surface area contributed by atoms with Crippen molar-refractivity contribution in [3.63, 3.8) is 0 Å². The third kappa shape index (κ3) is 2.55. The number of carbonyl (C=O) groups is 1. The molecule has 0 radical (unpaired) electrons. The van der Waals surface area contributed by atoms with Crippen LogP contribution in [-0.2, 0) is 13.0 Å². The van der Waals surface area contributed by atoms with Gasteiger partial charge in [-0.25, -0.2) is 9.67 Å². The highest BCUT2D eigenvalue weighted by atomic mass is 32.1. The molecule has 0 aliphatic carbocycles. The lowest BCUT2D eigenvalue weighted by Crippen LogP contribution is -2.36. The Kier molecular flexibility index (Phi) is 3.67. The Morgan fingerprint density at radius 3 is 3.27 bits per heavy atom. The van der Waals surface area contributed by atoms with Crippen LogP contribution in [0.25, 0.3) is 0 Å². The highest BCUT2D eigenvalue weighted by Gasteiger charge is 2.26. The van der Waals surface area contributed by atoms with Crippen LogP contribution in [-0.4, -0.2) is 45.2 Å². The van der Waals surface area contributed by atoms with E-state index in [2.05, 4.69) is 26.8 Å². The lowest BCUT2D eigenvalue weighted by molar-refractivity contribution is 0.0722. The zero-order valence-electron chi connectivity index (χ0n) is 12.4. The Bertz CT molecular complexity index is 673. The second-order valence-electron chi connectivity index (χ2n) is 5.89. The van der Waals surface area contributed by atoms with Crippen molar-refractivity contribution >= 4 is 17.2 Å². The van der Waals surface area contributed by atoms with Gasteiger partial charge >= 0.3 is 0 Å². The van der Waals surface area contributed by atoms with Crippen molar-refractivity contribution < 1.29 is 4.79 Å². The van der Waals surface area contributed by atoms with E-state index in [0.717, 1.165) is 38.9 Å². The van der Waals surface area contributed by atoms with Gasteiger partial charge in [-0.05, 0) is 42.8 Å². The third-order valence-corrected chi connectivity index (χ3v) is 5.46. The fourth-order valence-corrected chi connectivity index (χ4v) is 4.06. The van der Waals surface area contributed by atoms with E-state index in [1.807, 2.05) is 9.58 Å². The molecule has 2 aromatic heterocycles. The van der Waals surface area contributed by atoms with Gasteiger partial charge in [-0.15, -0.1) is 16.4 Å². The van der Waals surface area contributed by atoms with E-state index in [0.29, 0.717) is 18.4 Å². The molecule has 2 aromatic rings. The molecule has 0 unspecified atom stereocenters. The molecule has 0 saturated carbocycles. The van der Waals surface area contributed by atoms with Crippen molar-refractivity contribution in [2.45, 2.75) is 31.8 Å². The molecule has 0 aromatic carbocycles. The molecular weight excluding hydrogens is 298 g/mol. The van der Waals surface area contributed by atoms with Crippen LogP contribution in [0.1, 0.15) is 39.9 Å². The average molecular weight is 317 g/mol. The number of nitrogens with one attached hydrogen (secondary N) is 1. The predicted octanol–water partition coefficient (Wildman–Crippen LogP) is 1.46. The number of rotatable bonds is 2. The summed E-state index contributed by atoms with van der Waals surface area (Å²) in [5, 5.41) is 9.89. The fourth-order valence-electron chi connectivity index (χ4n) is 3.17. The SMILES string of the molecule is O=C(c1ncn([C@@H]2CCCNC2)n1)N1CCc2sccc2C1. The summed E-state index contributed by atoms with van der Waals surface area (Å²) in [6.45, 7) is 3.40. The summed E-state index contributed by atoms with van der Waals surface area (Å²) in [5.74, 6) is 0.267. The lowest BCUT2D eigenvalue weighted by Gasteiger charge is -2.26. The van der Waals surface area contributed by atoms with E-state index in [4.69, 9.17) is 0 Å². The first kappa shape index (κ1) is 13.9. The molecule has 4 rings (SSSR count). The first-order valence-electron chi connectivity index (χ1n) is 7.77. The maximum absolute atomic E-state index is 12.6. The summed E-state index contributed by atoms with van der Waals surface area (Å²) < 4.78 is 1.85. The molecule has 2 aliphatic heterocycles. The zero-order valence-corrected chi connectivity index (χ0v) is 13.2. The molecule has 0 bridgehead atoms. The molecule has 0 spiro atoms. The van der Waals surface area contributed by atoms with Gasteiger partial charge in [-0.3, -0.25) is 4.79 Å². The first-order valence-corrected chi connectivity index (χ1v) is 8.65. The molecule has 1 saturated heterocycles. The van der Waals surface area contributed by atoms with Crippen molar-refractivity contribution in [2.24, 2.45) is 0 Å². The number of thiophene rings is 1. The number of nitrogens with zero attached hydrogens (tertiary/aromatic N) is 4. The van der Waals surface area contributed by atoms with Crippen molar-refractivity contribution in [3.05, 3.63) is 34.0 Å². The van der Waals surface area contributed by atoms with Gasteiger partial charge in [0.1, 0.15) is 6.33 Å². The maximum Gasteiger partial charge on any atom is 0.293 e. The van der Waals surface area contributed by atoms with Crippen molar-refractivity contribution in [3.8, 4) is 0 Å². The number of amides is 1. The second-order valence-corrected chi connectivity index (χ2v) is 6.89. The van der Waals surface area contributed by atoms with E-state index < -0.39 is 0 Å². The Morgan fingerprint density at radius 2 is 2.41 bits per heavy atom. The summed E-state index contributed by atoms with van der Waals surface area (Å²) in [7, 11) is 0. The number of carbonyl (C=O) groups excluding carboxylic acids is 1. The summed E-state index contributed by atoms with van der Waals surface area (Å²) in [6, 6.07) is 2.42. The van der Waals surface area contributed by atoms with E-state index in [1.165, 1.54) is 10.4 Å². The topological polar surface area (TPSA) is 63.1 Å². The Labute approximate surface area is 133 Å². The molecule has 2 aliphatic rings. The van der Waals surface area contributed by atoms with Gasteiger partial charge in [-0.2, -0.15) is 0 Å². The second kappa shape index (κ2) is 5.81. The van der Waals surface area contributed by atoms with Crippen LogP contribution < -0.4 is 5.32 Å². The minimum atomic E-state index is -0.0561. The molecule has 4 heterocycles. The van der Waals surface area contributed by atoms with Crippen LogP contribution >= 0.6 is 11.3 Å². The smallest absolute Gasteiger partial charge is 0.293 e. The van der Waals surface area contributed by atoms with Crippen LogP contribution in [0, 0.1) is 0 Å². The molecule has 22 heavy (non-hydrogen) atoms. The monoisotopic (exact) mass is 317 g/mol. The molecule has 7 heteroatoms. The van der Waals surface area contributed by atoms with Gasteiger partial charge in [0.15, 0.2) is 0 Å². The van der Waals surface area contributed by atoms with Gasteiger partial charge < -0.3 is 10.2 Å². The normalized spacial score (nSPS) is 21.6. The molecular formula is C15H19N5OS. The molecule has 1 atom stereocenters. The summed E-state index contributed by atoms with van der Waals surface area (Å²) in [5.41, 5.74) is 1.26. The minimum absolute atomic E-state index is 0.0561. The van der Waals surface area contributed by atoms with E-state index >= 15 is 0 Å². The van der Waals surface area contributed by atoms with Gasteiger partial charge in [0.2, 0.25) is 5.82 Å². The molecule has 6 nitrogen and oxygen atoms in total. The number of piperidine rings is 1. The standard InChI is InChI=1S/C15H19N5OS/c21-15(19-6-3-13-11(9-19)4-7-22-13)14-17-10-20(18-14)12-2-1-5-16-8-12/h4,7,10,12,16H,1-3,5-6,8-9H2/t12-/m1/s1. The lowest BCUT2D eigenvalue weighted by atomic mass is 10.1. The van der Waals surface area contributed by atoms with Crippen LogP contribution in [0.4, 0.5) is 0 Å². The average Bonchev–Trinajstić information content (AvgIpc) is 3.23. The predicted molar refractivity (Wildman–Crippen MR) is 83.9 cm³/mol. The van der Waals surface area contributed by atoms with Crippen molar-refractivity contribution in [2.75, 3.05) is 19.6 Å².